The molecular formula is C33H47NO5. The number of hydrogen-bond acceptors (Lipinski definition) is 6. The molecule has 0 heterocycles. The quantitative estimate of drug-likeness (QED) is 0.0745. The highest BCUT2D eigenvalue weighted by atomic mass is 16.5. The molecule has 6 nitrogen and oxygen atoms in total. The number of nitrogens with zero attached hydrogens (tertiary/aromatic N) is 1. The van der Waals surface area contributed by atoms with Crippen molar-refractivity contribution in [3.05, 3.63) is 60.2 Å². The number of rotatable bonds is 21. The predicted octanol–water partition coefficient (Wildman–Crippen LogP) is 8.72. The topological polar surface area (TPSA) is 77.4 Å². The van der Waals surface area contributed by atoms with E-state index in [0.29, 0.717) is 30.1 Å². The highest BCUT2D eigenvalue weighted by Crippen LogP contribution is 2.24. The SMILES string of the molecule is C=C(C)C(=O)OCCCCCCOc1ccc(C=Nc2ccc(OCCCCCCCCCC)cc2)c(O)c1. The van der Waals surface area contributed by atoms with Crippen LogP contribution in [0.3, 0.4) is 0 Å². The molecule has 0 saturated heterocycles. The molecule has 39 heavy (non-hydrogen) atoms. The van der Waals surface area contributed by atoms with Gasteiger partial charge in [0.2, 0.25) is 0 Å². The molecule has 0 atom stereocenters. The maximum atomic E-state index is 11.3. The third-order valence-electron chi connectivity index (χ3n) is 6.35. The number of hydrogen-bond donors (Lipinski definition) is 1. The molecule has 2 rings (SSSR count). The van der Waals surface area contributed by atoms with Crippen LogP contribution in [-0.2, 0) is 9.53 Å². The minimum atomic E-state index is -0.335. The number of unbranched alkanes of at least 4 members (excludes halogenated alkanes) is 10. The molecule has 2 aromatic rings. The first-order valence-electron chi connectivity index (χ1n) is 14.5. The number of ether oxygens (including phenoxy) is 3. The molecule has 0 fully saturated rings. The summed E-state index contributed by atoms with van der Waals surface area (Å²) in [6.45, 7) is 9.18. The van der Waals surface area contributed by atoms with E-state index in [4.69, 9.17) is 14.2 Å². The normalized spacial score (nSPS) is 11.0. The Balaban J connectivity index is 1.62. The van der Waals surface area contributed by atoms with Gasteiger partial charge in [0.25, 0.3) is 0 Å². The maximum absolute atomic E-state index is 11.3. The third kappa shape index (κ3) is 14.4. The van der Waals surface area contributed by atoms with E-state index in [1.54, 1.807) is 25.3 Å². The Kier molecular flexibility index (Phi) is 16.2. The molecule has 0 saturated carbocycles. The number of carbonyl (C=O) groups excluding carboxylic acids is 1. The molecule has 6 heteroatoms. The zero-order valence-electron chi connectivity index (χ0n) is 24.0. The fraction of sp³-hybridized carbons (Fsp3) is 0.515. The molecule has 0 aliphatic carbocycles. The first-order chi connectivity index (χ1) is 19.0. The first kappa shape index (κ1) is 31.9. The van der Waals surface area contributed by atoms with E-state index in [2.05, 4.69) is 18.5 Å². The minimum Gasteiger partial charge on any atom is -0.507 e. The minimum absolute atomic E-state index is 0.126. The molecule has 0 aliphatic rings. The lowest BCUT2D eigenvalue weighted by atomic mass is 10.1. The lowest BCUT2D eigenvalue weighted by molar-refractivity contribution is -0.139. The Hall–Kier alpha value is -3.28. The second-order valence-corrected chi connectivity index (χ2v) is 9.97. The second-order valence-electron chi connectivity index (χ2n) is 9.97. The van der Waals surface area contributed by atoms with Crippen LogP contribution < -0.4 is 9.47 Å². The highest BCUT2D eigenvalue weighted by Gasteiger charge is 2.04. The van der Waals surface area contributed by atoms with E-state index in [1.165, 1.54) is 44.9 Å². The van der Waals surface area contributed by atoms with Crippen LogP contribution in [0.4, 0.5) is 5.69 Å². The third-order valence-corrected chi connectivity index (χ3v) is 6.35. The number of carbonyl (C=O) groups is 1. The summed E-state index contributed by atoms with van der Waals surface area (Å²) in [5, 5.41) is 10.4. The van der Waals surface area contributed by atoms with Crippen molar-refractivity contribution in [1.29, 1.82) is 0 Å². The van der Waals surface area contributed by atoms with E-state index in [0.717, 1.165) is 50.1 Å². The first-order valence-corrected chi connectivity index (χ1v) is 14.5. The number of phenolic OH excluding ortho intramolecular Hbond substituents is 1. The van der Waals surface area contributed by atoms with Crippen molar-refractivity contribution in [2.24, 2.45) is 4.99 Å². The number of benzene rings is 2. The molecule has 0 aromatic heterocycles. The summed E-state index contributed by atoms with van der Waals surface area (Å²) in [6.07, 6.45) is 15.6. The summed E-state index contributed by atoms with van der Waals surface area (Å²) in [6, 6.07) is 12.9. The van der Waals surface area contributed by atoms with E-state index >= 15 is 0 Å². The molecule has 214 valence electrons. The number of aliphatic imine (C=N–C) groups is 1. The van der Waals surface area contributed by atoms with Gasteiger partial charge in [-0.3, -0.25) is 4.99 Å². The van der Waals surface area contributed by atoms with E-state index < -0.39 is 0 Å². The average Bonchev–Trinajstić information content (AvgIpc) is 2.93. The van der Waals surface area contributed by atoms with Crippen LogP contribution in [0.2, 0.25) is 0 Å². The lowest BCUT2D eigenvalue weighted by Crippen LogP contribution is -2.06. The summed E-state index contributed by atoms with van der Waals surface area (Å²) in [7, 11) is 0. The van der Waals surface area contributed by atoms with Gasteiger partial charge in [-0.25, -0.2) is 4.79 Å². The van der Waals surface area contributed by atoms with Crippen molar-refractivity contribution in [1.82, 2.24) is 0 Å². The molecule has 0 spiro atoms. The van der Waals surface area contributed by atoms with Gasteiger partial charge in [-0.05, 0) is 75.4 Å². The predicted molar refractivity (Wildman–Crippen MR) is 160 cm³/mol. The second kappa shape index (κ2) is 19.7. The summed E-state index contributed by atoms with van der Waals surface area (Å²) >= 11 is 0. The Bertz CT molecular complexity index is 1000. The smallest absolute Gasteiger partial charge is 0.333 e. The number of aromatic hydroxyl groups is 1. The van der Waals surface area contributed by atoms with Crippen LogP contribution in [0.25, 0.3) is 0 Å². The fourth-order valence-electron chi connectivity index (χ4n) is 3.96. The molecule has 0 unspecified atom stereocenters. The molecule has 0 radical (unpaired) electrons. The molecule has 0 aliphatic heterocycles. The molecule has 2 aromatic carbocycles. The van der Waals surface area contributed by atoms with Crippen molar-refractivity contribution >= 4 is 17.9 Å². The van der Waals surface area contributed by atoms with E-state index in [-0.39, 0.29) is 11.7 Å². The van der Waals surface area contributed by atoms with Gasteiger partial charge in [0.05, 0.1) is 25.5 Å². The van der Waals surface area contributed by atoms with Gasteiger partial charge in [0.15, 0.2) is 0 Å². The van der Waals surface area contributed by atoms with Crippen LogP contribution in [-0.4, -0.2) is 37.1 Å². The Morgan fingerprint density at radius 1 is 0.795 bits per heavy atom. The van der Waals surface area contributed by atoms with E-state index in [1.807, 2.05) is 30.3 Å². The Morgan fingerprint density at radius 2 is 1.33 bits per heavy atom. The monoisotopic (exact) mass is 537 g/mol. The molecule has 1 N–H and O–H groups in total. The highest BCUT2D eigenvalue weighted by molar-refractivity contribution is 5.87. The van der Waals surface area contributed by atoms with Crippen molar-refractivity contribution < 1.29 is 24.1 Å². The Labute approximate surface area is 235 Å². The summed E-state index contributed by atoms with van der Waals surface area (Å²) in [5.74, 6) is 1.27. The summed E-state index contributed by atoms with van der Waals surface area (Å²) in [4.78, 5) is 15.8. The van der Waals surface area contributed by atoms with Gasteiger partial charge in [-0.2, -0.15) is 0 Å². The fourth-order valence-corrected chi connectivity index (χ4v) is 3.96. The van der Waals surface area contributed by atoms with E-state index in [9.17, 15) is 9.90 Å². The van der Waals surface area contributed by atoms with Crippen LogP contribution in [0.1, 0.15) is 96.5 Å². The van der Waals surface area contributed by atoms with Crippen LogP contribution in [0, 0.1) is 0 Å². The largest absolute Gasteiger partial charge is 0.507 e. The molecular weight excluding hydrogens is 490 g/mol. The van der Waals surface area contributed by atoms with Crippen LogP contribution >= 0.6 is 0 Å². The van der Waals surface area contributed by atoms with Crippen molar-refractivity contribution in [2.75, 3.05) is 19.8 Å². The average molecular weight is 538 g/mol. The van der Waals surface area contributed by atoms with Gasteiger partial charge >= 0.3 is 5.97 Å². The van der Waals surface area contributed by atoms with Crippen LogP contribution in [0.15, 0.2) is 59.6 Å². The summed E-state index contributed by atoms with van der Waals surface area (Å²) in [5.41, 5.74) is 1.85. The van der Waals surface area contributed by atoms with Crippen molar-refractivity contribution in [2.45, 2.75) is 90.9 Å². The van der Waals surface area contributed by atoms with Crippen molar-refractivity contribution in [3.63, 3.8) is 0 Å². The maximum Gasteiger partial charge on any atom is 0.333 e. The van der Waals surface area contributed by atoms with Gasteiger partial charge in [-0.15, -0.1) is 0 Å². The molecule has 0 amide bonds. The van der Waals surface area contributed by atoms with Gasteiger partial charge in [-0.1, -0.05) is 58.4 Å². The molecule has 0 bridgehead atoms. The number of phenols is 1. The van der Waals surface area contributed by atoms with Crippen molar-refractivity contribution in [3.8, 4) is 17.2 Å². The van der Waals surface area contributed by atoms with Crippen LogP contribution in [0.5, 0.6) is 17.2 Å². The van der Waals surface area contributed by atoms with Gasteiger partial charge in [0, 0.05) is 23.4 Å². The summed E-state index contributed by atoms with van der Waals surface area (Å²) < 4.78 is 16.7. The Morgan fingerprint density at radius 3 is 1.92 bits per heavy atom. The lowest BCUT2D eigenvalue weighted by Gasteiger charge is -2.08. The standard InChI is InChI=1S/C33H47NO5/c1-4-5-6-7-8-9-10-13-22-37-30-20-17-29(18-21-30)34-26-28-16-19-31(25-32(28)35)38-23-14-11-12-15-24-39-33(36)27(2)3/h16-21,25-26,35H,2,4-15,22-24H2,1,3H3. The number of esters is 1. The van der Waals surface area contributed by atoms with Gasteiger partial charge in [0.1, 0.15) is 17.2 Å². The zero-order chi connectivity index (χ0) is 28.1. The zero-order valence-corrected chi connectivity index (χ0v) is 24.0. The van der Waals surface area contributed by atoms with Gasteiger partial charge < -0.3 is 19.3 Å².